The van der Waals surface area contributed by atoms with Crippen LogP contribution in [0.2, 0.25) is 0 Å². The highest BCUT2D eigenvalue weighted by atomic mass is 16.5. The summed E-state index contributed by atoms with van der Waals surface area (Å²) in [5, 5.41) is 49.3. The van der Waals surface area contributed by atoms with Gasteiger partial charge in [0.15, 0.2) is 0 Å². The van der Waals surface area contributed by atoms with Crippen molar-refractivity contribution in [1.82, 2.24) is 10.1 Å². The topological polar surface area (TPSA) is 86.7 Å². The smallest absolute Gasteiger partial charge is 0.115 e. The zero-order valence-corrected chi connectivity index (χ0v) is 18.9. The van der Waals surface area contributed by atoms with Crippen molar-refractivity contribution in [2.24, 2.45) is 0 Å². The van der Waals surface area contributed by atoms with Gasteiger partial charge in [0.25, 0.3) is 0 Å². The molecule has 5 rings (SSSR count). The van der Waals surface area contributed by atoms with Crippen molar-refractivity contribution in [3.63, 3.8) is 0 Å². The van der Waals surface area contributed by atoms with Crippen LogP contribution in [-0.2, 0) is 21.5 Å². The summed E-state index contributed by atoms with van der Waals surface area (Å²) in [5.74, 6) is 0.408. The van der Waals surface area contributed by atoms with E-state index in [-0.39, 0.29) is 11.5 Å². The Morgan fingerprint density at radius 2 is 0.844 bits per heavy atom. The third-order valence-electron chi connectivity index (χ3n) is 9.00. The summed E-state index contributed by atoms with van der Waals surface area (Å²) < 4.78 is 0. The molecule has 170 valence electrons. The highest BCUT2D eigenvalue weighted by Gasteiger charge is 2.61. The number of hydrogen-bond donors (Lipinski definition) is 2. The van der Waals surface area contributed by atoms with E-state index in [4.69, 9.17) is 0 Å². The van der Waals surface area contributed by atoms with Crippen LogP contribution in [-0.4, -0.2) is 31.4 Å². The molecule has 6 nitrogen and oxygen atoms in total. The van der Waals surface area contributed by atoms with Crippen molar-refractivity contribution >= 4 is 0 Å². The van der Waals surface area contributed by atoms with Gasteiger partial charge in [-0.25, -0.2) is 0 Å². The standard InChI is InChI=1S/C26H32N2O4/c1-23(19-3-7-21(29)8-4-19)11-13-25(27(23)31)15-17-26(18-16-25)14-12-24(2,28(26)32)20-5-9-22(30)10-6-20/h3-10,29-30H,11-18H2,1-2H3/t23-,24-,25?,26?/m1/s1. The maximum Gasteiger partial charge on any atom is 0.115 e. The molecule has 2 aromatic carbocycles. The molecule has 3 aliphatic rings. The summed E-state index contributed by atoms with van der Waals surface area (Å²) in [7, 11) is 0. The van der Waals surface area contributed by atoms with E-state index in [0.717, 1.165) is 62.5 Å². The molecule has 6 heteroatoms. The fraction of sp³-hybridized carbons (Fsp3) is 0.538. The number of phenolic OH excluding ortho intramolecular Hbond substituents is 2. The number of benzene rings is 2. The summed E-state index contributed by atoms with van der Waals surface area (Å²) in [5.41, 5.74) is -0.175. The number of hydroxylamine groups is 4. The summed E-state index contributed by atoms with van der Waals surface area (Å²) in [6, 6.07) is 14.0. The average molecular weight is 437 g/mol. The van der Waals surface area contributed by atoms with Crippen LogP contribution in [0.25, 0.3) is 0 Å². The summed E-state index contributed by atoms with van der Waals surface area (Å²) in [4.78, 5) is 0. The molecule has 0 bridgehead atoms. The molecule has 1 saturated carbocycles. The molecule has 1 aliphatic carbocycles. The van der Waals surface area contributed by atoms with Gasteiger partial charge < -0.3 is 10.2 Å². The van der Waals surface area contributed by atoms with E-state index in [1.807, 2.05) is 38.1 Å². The van der Waals surface area contributed by atoms with Crippen molar-refractivity contribution in [2.45, 2.75) is 87.4 Å². The van der Waals surface area contributed by atoms with Gasteiger partial charge >= 0.3 is 0 Å². The highest BCUT2D eigenvalue weighted by molar-refractivity contribution is 5.34. The molecule has 2 radical (unpaired) electrons. The monoisotopic (exact) mass is 436 g/mol. The van der Waals surface area contributed by atoms with Crippen molar-refractivity contribution < 1.29 is 20.6 Å². The molecule has 0 aromatic heterocycles. The van der Waals surface area contributed by atoms with Crippen molar-refractivity contribution in [2.75, 3.05) is 0 Å². The summed E-state index contributed by atoms with van der Waals surface area (Å²) >= 11 is 0. The normalized spacial score (nSPS) is 38.1. The minimum atomic E-state index is -0.606. The minimum Gasteiger partial charge on any atom is -0.508 e. The lowest BCUT2D eigenvalue weighted by atomic mass is 9.71. The van der Waals surface area contributed by atoms with Crippen LogP contribution in [0.5, 0.6) is 11.5 Å². The van der Waals surface area contributed by atoms with Gasteiger partial charge in [0, 0.05) is 0 Å². The fourth-order valence-corrected chi connectivity index (χ4v) is 6.66. The van der Waals surface area contributed by atoms with E-state index >= 15 is 0 Å². The minimum absolute atomic E-state index is 0.204. The number of hydrogen-bond acceptors (Lipinski definition) is 4. The van der Waals surface area contributed by atoms with Crippen molar-refractivity contribution in [1.29, 1.82) is 0 Å². The number of phenols is 2. The van der Waals surface area contributed by atoms with E-state index in [1.165, 1.54) is 10.1 Å². The maximum absolute atomic E-state index is 13.7. The molecule has 0 amide bonds. The van der Waals surface area contributed by atoms with Gasteiger partial charge in [-0.15, -0.1) is 20.5 Å². The van der Waals surface area contributed by atoms with Crippen LogP contribution in [0.1, 0.15) is 76.3 Å². The molecule has 32 heavy (non-hydrogen) atoms. The quantitative estimate of drug-likeness (QED) is 0.681. The summed E-state index contributed by atoms with van der Waals surface area (Å²) in [6.07, 6.45) is 6.14. The first-order valence-electron chi connectivity index (χ1n) is 11.7. The molecule has 2 aliphatic heterocycles. The van der Waals surface area contributed by atoms with E-state index in [1.54, 1.807) is 24.3 Å². The molecule has 2 N–H and O–H groups in total. The zero-order chi connectivity index (χ0) is 22.8. The second-order valence-electron chi connectivity index (χ2n) is 10.7. The van der Waals surface area contributed by atoms with Gasteiger partial charge in [0.1, 0.15) is 11.5 Å². The largest absolute Gasteiger partial charge is 0.508 e. The van der Waals surface area contributed by atoms with Crippen LogP contribution >= 0.6 is 0 Å². The van der Waals surface area contributed by atoms with Crippen LogP contribution in [0, 0.1) is 0 Å². The second kappa shape index (κ2) is 7.19. The van der Waals surface area contributed by atoms with Gasteiger partial charge in [0.2, 0.25) is 0 Å². The highest BCUT2D eigenvalue weighted by Crippen LogP contribution is 2.58. The van der Waals surface area contributed by atoms with Crippen LogP contribution in [0.4, 0.5) is 0 Å². The third-order valence-corrected chi connectivity index (χ3v) is 9.00. The molecule has 2 saturated heterocycles. The predicted octanol–water partition coefficient (Wildman–Crippen LogP) is 5.16. The lowest BCUT2D eigenvalue weighted by Crippen LogP contribution is -2.57. The van der Waals surface area contributed by atoms with Gasteiger partial charge in [-0.1, -0.05) is 24.3 Å². The fourth-order valence-electron chi connectivity index (χ4n) is 6.66. The van der Waals surface area contributed by atoms with E-state index < -0.39 is 22.2 Å². The SMILES string of the molecule is C[C@]1(c2ccc(O)cc2)CCC2(CCC3(CC2)CC[C@](C)(c2ccc(O)cc2)N3[O])N1[O]. The van der Waals surface area contributed by atoms with E-state index in [0.29, 0.717) is 0 Å². The third kappa shape index (κ3) is 3.00. The lowest BCUT2D eigenvalue weighted by molar-refractivity contribution is -0.295. The second-order valence-corrected chi connectivity index (χ2v) is 10.7. The molecule has 0 unspecified atom stereocenters. The van der Waals surface area contributed by atoms with Crippen molar-refractivity contribution in [3.8, 4) is 11.5 Å². The molecule has 2 spiro atoms. The molecule has 2 heterocycles. The first kappa shape index (κ1) is 21.7. The van der Waals surface area contributed by atoms with E-state index in [2.05, 4.69) is 0 Å². The molecule has 2 aromatic rings. The average Bonchev–Trinajstić information content (AvgIpc) is 3.20. The van der Waals surface area contributed by atoms with E-state index in [9.17, 15) is 20.6 Å². The molecular formula is C26H32N2O4. The van der Waals surface area contributed by atoms with Crippen LogP contribution in [0.3, 0.4) is 0 Å². The summed E-state index contributed by atoms with van der Waals surface area (Å²) in [6.45, 7) is 4.01. The molecule has 2 atom stereocenters. The van der Waals surface area contributed by atoms with Gasteiger partial charge in [-0.3, -0.25) is 0 Å². The number of aromatic hydroxyl groups is 2. The Morgan fingerprint density at radius 3 is 1.16 bits per heavy atom. The number of rotatable bonds is 2. The first-order chi connectivity index (χ1) is 15.1. The Balaban J connectivity index is 1.35. The Morgan fingerprint density at radius 1 is 0.562 bits per heavy atom. The predicted molar refractivity (Wildman–Crippen MR) is 118 cm³/mol. The van der Waals surface area contributed by atoms with Gasteiger partial charge in [-0.05, 0) is 101 Å². The van der Waals surface area contributed by atoms with Crippen LogP contribution in [0.15, 0.2) is 48.5 Å². The first-order valence-corrected chi connectivity index (χ1v) is 11.7. The maximum atomic E-state index is 13.7. The van der Waals surface area contributed by atoms with Gasteiger partial charge in [-0.2, -0.15) is 0 Å². The van der Waals surface area contributed by atoms with Gasteiger partial charge in [0.05, 0.1) is 22.2 Å². The zero-order valence-electron chi connectivity index (χ0n) is 18.9. The Bertz CT molecular complexity index is 902. The van der Waals surface area contributed by atoms with Crippen molar-refractivity contribution in [3.05, 3.63) is 59.7 Å². The van der Waals surface area contributed by atoms with Crippen LogP contribution < -0.4 is 0 Å². The lowest BCUT2D eigenvalue weighted by Gasteiger charge is -2.49. The molecular weight excluding hydrogens is 404 g/mol. The Hall–Kier alpha value is -2.12. The molecule has 3 fully saturated rings. The Kier molecular flexibility index (Phi) is 4.88. The Labute approximate surface area is 189 Å². The number of nitrogens with zero attached hydrogens (tertiary/aromatic N) is 2.